The van der Waals surface area contributed by atoms with E-state index in [4.69, 9.17) is 14.7 Å². The van der Waals surface area contributed by atoms with E-state index in [-0.39, 0.29) is 6.61 Å². The molecule has 0 aromatic heterocycles. The van der Waals surface area contributed by atoms with Gasteiger partial charge in [-0.1, -0.05) is 15.9 Å². The van der Waals surface area contributed by atoms with Gasteiger partial charge >= 0.3 is 0 Å². The number of hydrogen-bond donors (Lipinski definition) is 1. The minimum absolute atomic E-state index is 0.0403. The van der Waals surface area contributed by atoms with Crippen LogP contribution < -0.4 is 14.9 Å². The topological polar surface area (TPSA) is 66.6 Å². The lowest BCUT2D eigenvalue weighted by Gasteiger charge is -2.10. The van der Waals surface area contributed by atoms with Gasteiger partial charge in [0, 0.05) is 14.5 Å². The zero-order valence-electron chi connectivity index (χ0n) is 12.2. The number of ether oxygens (including phenoxy) is 2. The quantitative estimate of drug-likeness (QED) is 0.529. The highest BCUT2D eigenvalue weighted by molar-refractivity contribution is 9.10. The summed E-state index contributed by atoms with van der Waals surface area (Å²) < 4.78 is 12.4. The lowest BCUT2D eigenvalue weighted by atomic mass is 10.2. The Hall–Kier alpha value is -2.04. The van der Waals surface area contributed by atoms with Crippen molar-refractivity contribution in [2.75, 3.05) is 19.1 Å². The minimum atomic E-state index is -0.0403. The van der Waals surface area contributed by atoms with Crippen LogP contribution in [0.15, 0.2) is 50.4 Å². The Morgan fingerprint density at radius 3 is 2.61 bits per heavy atom. The number of nitrogens with zero attached hydrogens (tertiary/aromatic N) is 2. The lowest BCUT2D eigenvalue weighted by molar-refractivity contribution is 0.329. The van der Waals surface area contributed by atoms with E-state index in [1.807, 2.05) is 30.3 Å². The van der Waals surface area contributed by atoms with E-state index in [9.17, 15) is 0 Å². The molecule has 0 saturated carbocycles. The maximum absolute atomic E-state index is 8.60. The molecular weight excluding hydrogens is 426 g/mol. The van der Waals surface area contributed by atoms with E-state index in [1.165, 1.54) is 0 Å². The summed E-state index contributed by atoms with van der Waals surface area (Å²) in [4.78, 5) is 0. The van der Waals surface area contributed by atoms with Crippen molar-refractivity contribution in [1.29, 1.82) is 5.26 Å². The van der Waals surface area contributed by atoms with Crippen molar-refractivity contribution in [2.24, 2.45) is 5.10 Å². The molecule has 2 aromatic rings. The van der Waals surface area contributed by atoms with Crippen molar-refractivity contribution >= 4 is 43.8 Å². The summed E-state index contributed by atoms with van der Waals surface area (Å²) in [5, 5.41) is 12.8. The van der Waals surface area contributed by atoms with E-state index < -0.39 is 0 Å². The number of nitriles is 1. The van der Waals surface area contributed by atoms with Gasteiger partial charge in [-0.05, 0) is 52.3 Å². The van der Waals surface area contributed by atoms with Crippen LogP contribution in [-0.2, 0) is 0 Å². The number of anilines is 1. The molecule has 0 atom stereocenters. The zero-order chi connectivity index (χ0) is 16.7. The molecular formula is C16H13Br2N3O2. The molecule has 0 heterocycles. The average molecular weight is 439 g/mol. The monoisotopic (exact) mass is 437 g/mol. The van der Waals surface area contributed by atoms with Crippen LogP contribution in [0.25, 0.3) is 0 Å². The van der Waals surface area contributed by atoms with E-state index >= 15 is 0 Å². The third kappa shape index (κ3) is 4.98. The first-order chi connectivity index (χ1) is 11.1. The molecule has 2 rings (SSSR count). The predicted molar refractivity (Wildman–Crippen MR) is 97.2 cm³/mol. The number of halogens is 2. The third-order valence-electron chi connectivity index (χ3n) is 2.82. The number of rotatable bonds is 6. The summed E-state index contributed by atoms with van der Waals surface area (Å²) in [6.45, 7) is -0.0403. The predicted octanol–water partition coefficient (Wildman–Crippen LogP) is 4.57. The van der Waals surface area contributed by atoms with Crippen molar-refractivity contribution in [1.82, 2.24) is 0 Å². The highest BCUT2D eigenvalue weighted by atomic mass is 79.9. The summed E-state index contributed by atoms with van der Waals surface area (Å²) in [6, 6.07) is 13.1. The van der Waals surface area contributed by atoms with E-state index in [0.717, 1.165) is 20.2 Å². The maximum atomic E-state index is 8.60. The van der Waals surface area contributed by atoms with Crippen molar-refractivity contribution < 1.29 is 9.47 Å². The van der Waals surface area contributed by atoms with Crippen LogP contribution in [0.1, 0.15) is 5.56 Å². The van der Waals surface area contributed by atoms with Crippen LogP contribution in [0.4, 0.5) is 5.69 Å². The molecule has 0 unspecified atom stereocenters. The highest BCUT2D eigenvalue weighted by Crippen LogP contribution is 2.32. The van der Waals surface area contributed by atoms with Crippen LogP contribution in [0.2, 0.25) is 0 Å². The largest absolute Gasteiger partial charge is 0.493 e. The van der Waals surface area contributed by atoms with Gasteiger partial charge in [-0.2, -0.15) is 10.4 Å². The fraction of sp³-hybridized carbons (Fsp3) is 0.125. The normalized spacial score (nSPS) is 10.3. The van der Waals surface area contributed by atoms with Gasteiger partial charge in [-0.15, -0.1) is 0 Å². The molecule has 0 saturated heterocycles. The number of methoxy groups -OCH3 is 1. The summed E-state index contributed by atoms with van der Waals surface area (Å²) in [7, 11) is 1.55. The highest BCUT2D eigenvalue weighted by Gasteiger charge is 2.09. The van der Waals surface area contributed by atoms with Crippen LogP contribution in [0.5, 0.6) is 11.5 Å². The van der Waals surface area contributed by atoms with E-state index in [0.29, 0.717) is 11.5 Å². The second kappa shape index (κ2) is 8.56. The molecule has 0 aliphatic carbocycles. The average Bonchev–Trinajstić information content (AvgIpc) is 2.56. The summed E-state index contributed by atoms with van der Waals surface area (Å²) in [5.41, 5.74) is 4.64. The molecule has 0 aliphatic rings. The number of hydrogen-bond acceptors (Lipinski definition) is 5. The number of hydrazone groups is 1. The van der Waals surface area contributed by atoms with Crippen molar-refractivity contribution in [3.05, 3.63) is 50.9 Å². The van der Waals surface area contributed by atoms with Gasteiger partial charge in [0.25, 0.3) is 0 Å². The molecule has 5 nitrogen and oxygen atoms in total. The molecule has 1 N–H and O–H groups in total. The molecule has 23 heavy (non-hydrogen) atoms. The summed E-state index contributed by atoms with van der Waals surface area (Å²) in [6.07, 6.45) is 1.67. The van der Waals surface area contributed by atoms with Crippen molar-refractivity contribution in [3.63, 3.8) is 0 Å². The molecule has 118 valence electrons. The fourth-order valence-corrected chi connectivity index (χ4v) is 2.42. The summed E-state index contributed by atoms with van der Waals surface area (Å²) in [5.74, 6) is 1.03. The lowest BCUT2D eigenvalue weighted by Crippen LogP contribution is -1.99. The second-order valence-corrected chi connectivity index (χ2v) is 6.12. The SMILES string of the molecule is COc1cc(/C=N/Nc2ccc(Br)cc2)c(Br)cc1OCC#N. The van der Waals surface area contributed by atoms with Gasteiger partial charge in [-0.3, -0.25) is 5.43 Å². The first-order valence-corrected chi connectivity index (χ1v) is 8.14. The summed E-state index contributed by atoms with van der Waals surface area (Å²) >= 11 is 6.84. The molecule has 2 aromatic carbocycles. The van der Waals surface area contributed by atoms with Gasteiger partial charge in [-0.25, -0.2) is 0 Å². The fourth-order valence-electron chi connectivity index (χ4n) is 1.73. The van der Waals surface area contributed by atoms with Crippen LogP contribution in [0.3, 0.4) is 0 Å². The Bertz CT molecular complexity index is 740. The van der Waals surface area contributed by atoms with Gasteiger partial charge < -0.3 is 9.47 Å². The molecule has 0 bridgehead atoms. The molecule has 0 radical (unpaired) electrons. The van der Waals surface area contributed by atoms with Gasteiger partial charge in [0.1, 0.15) is 6.07 Å². The Balaban J connectivity index is 2.14. The molecule has 0 aliphatic heterocycles. The van der Waals surface area contributed by atoms with Crippen molar-refractivity contribution in [3.8, 4) is 17.6 Å². The molecule has 0 spiro atoms. The van der Waals surface area contributed by atoms with Crippen LogP contribution >= 0.6 is 31.9 Å². The maximum Gasteiger partial charge on any atom is 0.174 e. The Morgan fingerprint density at radius 1 is 1.22 bits per heavy atom. The Kier molecular flexibility index (Phi) is 6.44. The first-order valence-electron chi connectivity index (χ1n) is 6.56. The third-order valence-corrected chi connectivity index (χ3v) is 4.03. The second-order valence-electron chi connectivity index (χ2n) is 4.35. The molecule has 0 fully saturated rings. The Labute approximate surface area is 151 Å². The Morgan fingerprint density at radius 2 is 1.96 bits per heavy atom. The number of benzene rings is 2. The molecule has 0 amide bonds. The van der Waals surface area contributed by atoms with E-state index in [1.54, 1.807) is 25.5 Å². The zero-order valence-corrected chi connectivity index (χ0v) is 15.4. The van der Waals surface area contributed by atoms with Gasteiger partial charge in [0.05, 0.1) is 19.0 Å². The van der Waals surface area contributed by atoms with Crippen LogP contribution in [-0.4, -0.2) is 19.9 Å². The van der Waals surface area contributed by atoms with E-state index in [2.05, 4.69) is 42.4 Å². The smallest absolute Gasteiger partial charge is 0.174 e. The standard InChI is InChI=1S/C16H13Br2N3O2/c1-22-15-8-11(14(18)9-16(15)23-7-6-19)10-20-21-13-4-2-12(17)3-5-13/h2-5,8-10,21H,7H2,1H3/b20-10+. The van der Waals surface area contributed by atoms with Crippen molar-refractivity contribution in [2.45, 2.75) is 0 Å². The van der Waals surface area contributed by atoms with Crippen LogP contribution in [0, 0.1) is 11.3 Å². The number of nitrogens with one attached hydrogen (secondary N) is 1. The molecule has 7 heteroatoms. The van der Waals surface area contributed by atoms with Gasteiger partial charge in [0.15, 0.2) is 18.1 Å². The minimum Gasteiger partial charge on any atom is -0.493 e. The first kappa shape index (κ1) is 17.3. The van der Waals surface area contributed by atoms with Gasteiger partial charge in [0.2, 0.25) is 0 Å².